The Morgan fingerprint density at radius 2 is 2.43 bits per heavy atom. The third-order valence-electron chi connectivity index (χ3n) is 3.98. The molecule has 3 aromatic heterocycles. The zero-order chi connectivity index (χ0) is 14.4. The molecule has 1 aliphatic rings. The fraction of sp³-hybridized carbons (Fsp3) is 0.286. The molecule has 0 unspecified atom stereocenters. The number of nitrogens with one attached hydrogen (secondary N) is 1. The summed E-state index contributed by atoms with van der Waals surface area (Å²) in [4.78, 5) is 12.5. The van der Waals surface area contributed by atoms with Crippen LogP contribution >= 0.6 is 11.5 Å². The Bertz CT molecular complexity index is 823. The van der Waals surface area contributed by atoms with E-state index >= 15 is 0 Å². The van der Waals surface area contributed by atoms with Gasteiger partial charge in [0, 0.05) is 11.9 Å². The van der Waals surface area contributed by atoms with Gasteiger partial charge in [0.1, 0.15) is 11.3 Å². The molecule has 0 fully saturated rings. The molecule has 7 heteroatoms. The lowest BCUT2D eigenvalue weighted by Crippen LogP contribution is -2.14. The number of carbonyl (C=O) groups is 1. The highest BCUT2D eigenvalue weighted by Gasteiger charge is 2.25. The van der Waals surface area contributed by atoms with E-state index in [4.69, 9.17) is 0 Å². The summed E-state index contributed by atoms with van der Waals surface area (Å²) in [6.45, 7) is 2.19. The third kappa shape index (κ3) is 1.92. The third-order valence-corrected chi connectivity index (χ3v) is 4.64. The largest absolute Gasteiger partial charge is 0.312 e. The van der Waals surface area contributed by atoms with Gasteiger partial charge in [0.2, 0.25) is 0 Å². The molecule has 6 nitrogen and oxygen atoms in total. The lowest BCUT2D eigenvalue weighted by atomic mass is 10.0. The molecule has 3 aromatic rings. The fourth-order valence-corrected chi connectivity index (χ4v) is 3.38. The van der Waals surface area contributed by atoms with E-state index in [0.29, 0.717) is 17.1 Å². The first-order valence-corrected chi connectivity index (χ1v) is 7.59. The van der Waals surface area contributed by atoms with Gasteiger partial charge in [-0.2, -0.15) is 4.37 Å². The lowest BCUT2D eigenvalue weighted by Gasteiger charge is -2.10. The van der Waals surface area contributed by atoms with Gasteiger partial charge in [0.05, 0.1) is 5.56 Å². The van der Waals surface area contributed by atoms with Crippen molar-refractivity contribution in [2.24, 2.45) is 0 Å². The van der Waals surface area contributed by atoms with Crippen molar-refractivity contribution in [3.05, 3.63) is 41.5 Å². The van der Waals surface area contributed by atoms with Crippen LogP contribution in [0.5, 0.6) is 0 Å². The number of anilines is 1. The molecule has 1 N–H and O–H groups in total. The summed E-state index contributed by atoms with van der Waals surface area (Å²) in [6.07, 6.45) is 5.46. The van der Waals surface area contributed by atoms with Crippen molar-refractivity contribution in [3.63, 3.8) is 0 Å². The summed E-state index contributed by atoms with van der Waals surface area (Å²) < 4.78 is 5.93. The minimum absolute atomic E-state index is 0.167. The van der Waals surface area contributed by atoms with Gasteiger partial charge in [-0.3, -0.25) is 9.20 Å². The smallest absolute Gasteiger partial charge is 0.260 e. The number of hydrogen-bond acceptors (Lipinski definition) is 5. The number of fused-ring (bicyclic) bond motifs is 3. The molecule has 1 amide bonds. The van der Waals surface area contributed by atoms with E-state index in [1.54, 1.807) is 18.6 Å². The van der Waals surface area contributed by atoms with Crippen molar-refractivity contribution in [2.75, 3.05) is 5.32 Å². The quantitative estimate of drug-likeness (QED) is 0.789. The SMILES string of the molecule is C[C@H]1CCc2c1cc(C(=O)Nc1ccns1)c1nncn21. The van der Waals surface area contributed by atoms with Crippen LogP contribution in [0.1, 0.15) is 40.9 Å². The number of pyridine rings is 1. The maximum absolute atomic E-state index is 12.5. The molecule has 0 saturated carbocycles. The fourth-order valence-electron chi connectivity index (χ4n) is 2.89. The molecule has 1 atom stereocenters. The zero-order valence-corrected chi connectivity index (χ0v) is 12.2. The molecular weight excluding hydrogens is 286 g/mol. The van der Waals surface area contributed by atoms with Crippen molar-refractivity contribution < 1.29 is 4.79 Å². The second kappa shape index (κ2) is 4.63. The molecule has 0 radical (unpaired) electrons. The first kappa shape index (κ1) is 12.5. The first-order chi connectivity index (χ1) is 10.2. The van der Waals surface area contributed by atoms with E-state index in [0.717, 1.165) is 17.8 Å². The molecular formula is C14H13N5OS. The number of nitrogens with zero attached hydrogens (tertiary/aromatic N) is 4. The Labute approximate surface area is 125 Å². The Morgan fingerprint density at radius 3 is 3.24 bits per heavy atom. The van der Waals surface area contributed by atoms with Crippen LogP contribution in [0.15, 0.2) is 24.7 Å². The number of rotatable bonds is 2. The van der Waals surface area contributed by atoms with E-state index in [2.05, 4.69) is 26.8 Å². The van der Waals surface area contributed by atoms with Crippen molar-refractivity contribution in [1.82, 2.24) is 19.0 Å². The number of aromatic nitrogens is 4. The second-order valence-electron chi connectivity index (χ2n) is 5.26. The lowest BCUT2D eigenvalue weighted by molar-refractivity contribution is 0.102. The van der Waals surface area contributed by atoms with Gasteiger partial charge in [-0.25, -0.2) is 0 Å². The van der Waals surface area contributed by atoms with Crippen molar-refractivity contribution in [3.8, 4) is 0 Å². The van der Waals surface area contributed by atoms with Gasteiger partial charge in [-0.05, 0) is 48.0 Å². The highest BCUT2D eigenvalue weighted by molar-refractivity contribution is 7.10. The van der Waals surface area contributed by atoms with Crippen molar-refractivity contribution in [1.29, 1.82) is 0 Å². The summed E-state index contributed by atoms with van der Waals surface area (Å²) in [7, 11) is 0. The predicted molar refractivity (Wildman–Crippen MR) is 79.8 cm³/mol. The van der Waals surface area contributed by atoms with Gasteiger partial charge >= 0.3 is 0 Å². The van der Waals surface area contributed by atoms with Crippen LogP contribution in [0.2, 0.25) is 0 Å². The van der Waals surface area contributed by atoms with Crippen LogP contribution in [0, 0.1) is 0 Å². The Kier molecular flexibility index (Phi) is 2.75. The Morgan fingerprint density at radius 1 is 1.52 bits per heavy atom. The molecule has 0 saturated heterocycles. The first-order valence-electron chi connectivity index (χ1n) is 6.81. The van der Waals surface area contributed by atoms with E-state index in [1.165, 1.54) is 22.8 Å². The van der Waals surface area contributed by atoms with Gasteiger partial charge in [-0.1, -0.05) is 6.92 Å². The molecule has 0 aliphatic heterocycles. The number of aryl methyl sites for hydroxylation is 1. The second-order valence-corrected chi connectivity index (χ2v) is 6.09. The highest BCUT2D eigenvalue weighted by Crippen LogP contribution is 2.34. The molecule has 0 bridgehead atoms. The van der Waals surface area contributed by atoms with Gasteiger partial charge in [0.25, 0.3) is 5.91 Å². The van der Waals surface area contributed by atoms with E-state index in [1.807, 2.05) is 10.5 Å². The van der Waals surface area contributed by atoms with Crippen molar-refractivity contribution >= 4 is 28.1 Å². The monoisotopic (exact) mass is 299 g/mol. The predicted octanol–water partition coefficient (Wildman–Crippen LogP) is 2.49. The van der Waals surface area contributed by atoms with Gasteiger partial charge in [-0.15, -0.1) is 10.2 Å². The Hall–Kier alpha value is -2.28. The molecule has 3 heterocycles. The number of carbonyl (C=O) groups excluding carboxylic acids is 1. The molecule has 21 heavy (non-hydrogen) atoms. The summed E-state index contributed by atoms with van der Waals surface area (Å²) in [5.41, 5.74) is 3.62. The van der Waals surface area contributed by atoms with Crippen LogP contribution in [-0.2, 0) is 6.42 Å². The summed E-state index contributed by atoms with van der Waals surface area (Å²) in [5, 5.41) is 11.7. The van der Waals surface area contributed by atoms with Gasteiger partial charge < -0.3 is 5.32 Å². The molecule has 0 aromatic carbocycles. The molecule has 1 aliphatic carbocycles. The van der Waals surface area contributed by atoms with Gasteiger partial charge in [0.15, 0.2) is 5.65 Å². The normalized spacial score (nSPS) is 17.1. The van der Waals surface area contributed by atoms with Crippen molar-refractivity contribution in [2.45, 2.75) is 25.7 Å². The molecule has 106 valence electrons. The van der Waals surface area contributed by atoms with E-state index < -0.39 is 0 Å². The summed E-state index contributed by atoms with van der Waals surface area (Å²) in [6, 6.07) is 3.74. The summed E-state index contributed by atoms with van der Waals surface area (Å²) >= 11 is 1.25. The van der Waals surface area contributed by atoms with Crippen LogP contribution in [0.3, 0.4) is 0 Å². The maximum atomic E-state index is 12.5. The van der Waals surface area contributed by atoms with Crippen LogP contribution in [0.4, 0.5) is 5.00 Å². The minimum Gasteiger partial charge on any atom is -0.312 e. The summed E-state index contributed by atoms with van der Waals surface area (Å²) in [5.74, 6) is 0.293. The van der Waals surface area contributed by atoms with E-state index in [9.17, 15) is 4.79 Å². The van der Waals surface area contributed by atoms with Crippen LogP contribution in [-0.4, -0.2) is 24.9 Å². The molecule has 4 rings (SSSR count). The molecule has 0 spiro atoms. The average molecular weight is 299 g/mol. The van der Waals surface area contributed by atoms with Crippen LogP contribution in [0.25, 0.3) is 5.65 Å². The average Bonchev–Trinajstić information content (AvgIpc) is 3.18. The highest BCUT2D eigenvalue weighted by atomic mass is 32.1. The zero-order valence-electron chi connectivity index (χ0n) is 11.4. The van der Waals surface area contributed by atoms with E-state index in [-0.39, 0.29) is 5.91 Å². The Balaban J connectivity index is 1.83. The maximum Gasteiger partial charge on any atom is 0.260 e. The topological polar surface area (TPSA) is 72.2 Å². The minimum atomic E-state index is -0.167. The number of amides is 1. The van der Waals surface area contributed by atoms with Crippen LogP contribution < -0.4 is 5.32 Å². The number of hydrogen-bond donors (Lipinski definition) is 1. The standard InChI is InChI=1S/C14H13N5OS/c1-8-2-3-11-9(8)6-10(13-18-15-7-19(11)13)14(20)17-12-4-5-16-21-12/h4-8H,2-3H2,1H3,(H,17,20)/t8-/m0/s1.